The van der Waals surface area contributed by atoms with Gasteiger partial charge in [-0.05, 0) is 36.9 Å². The predicted molar refractivity (Wildman–Crippen MR) is 84.0 cm³/mol. The monoisotopic (exact) mass is 301 g/mol. The van der Waals surface area contributed by atoms with Crippen LogP contribution in [0, 0.1) is 0 Å². The summed E-state index contributed by atoms with van der Waals surface area (Å²) in [5.74, 6) is -0.304. The lowest BCUT2D eigenvalue weighted by molar-refractivity contribution is 0.0952. The summed E-state index contributed by atoms with van der Waals surface area (Å²) in [6, 6.07) is 9.98. The lowest BCUT2D eigenvalue weighted by atomic mass is 10.2. The summed E-state index contributed by atoms with van der Waals surface area (Å²) in [5.41, 5.74) is 1.04. The van der Waals surface area contributed by atoms with Gasteiger partial charge in [-0.15, -0.1) is 0 Å². The molecule has 0 atom stereocenters. The largest absolute Gasteiger partial charge is 0.459 e. The van der Waals surface area contributed by atoms with E-state index in [0.29, 0.717) is 17.8 Å². The lowest BCUT2D eigenvalue weighted by Crippen LogP contribution is -2.31. The number of likely N-dealkylation sites (N-methyl/N-ethyl adjacent to an activating group) is 1. The first-order valence-corrected chi connectivity index (χ1v) is 7.14. The van der Waals surface area contributed by atoms with Crippen LogP contribution in [0.15, 0.2) is 47.1 Å². The molecule has 6 heteroatoms. The van der Waals surface area contributed by atoms with Gasteiger partial charge >= 0.3 is 0 Å². The van der Waals surface area contributed by atoms with Crippen LogP contribution in [0.5, 0.6) is 0 Å². The number of furan rings is 1. The molecule has 0 aliphatic rings. The molecule has 0 saturated carbocycles. The van der Waals surface area contributed by atoms with E-state index in [4.69, 9.17) is 4.42 Å². The van der Waals surface area contributed by atoms with Crippen LogP contribution in [-0.4, -0.2) is 31.4 Å². The van der Waals surface area contributed by atoms with Crippen LogP contribution in [0.1, 0.15) is 27.8 Å². The van der Waals surface area contributed by atoms with Gasteiger partial charge in [0, 0.05) is 24.3 Å². The number of anilines is 1. The molecule has 0 spiro atoms. The lowest BCUT2D eigenvalue weighted by Gasteiger charge is -2.08. The fraction of sp³-hybridized carbons (Fsp3) is 0.250. The molecule has 1 heterocycles. The first kappa shape index (κ1) is 15.8. The third-order valence-electron chi connectivity index (χ3n) is 2.96. The molecule has 0 saturated heterocycles. The Hall–Kier alpha value is -2.60. The van der Waals surface area contributed by atoms with Crippen LogP contribution >= 0.6 is 0 Å². The molecule has 0 unspecified atom stereocenters. The van der Waals surface area contributed by atoms with E-state index in [-0.39, 0.29) is 17.6 Å². The van der Waals surface area contributed by atoms with E-state index in [9.17, 15) is 9.59 Å². The van der Waals surface area contributed by atoms with Gasteiger partial charge in [-0.1, -0.05) is 13.0 Å². The number of hydrogen-bond acceptors (Lipinski definition) is 4. The Morgan fingerprint density at radius 1 is 1.09 bits per heavy atom. The molecule has 0 fully saturated rings. The van der Waals surface area contributed by atoms with E-state index in [1.807, 2.05) is 6.92 Å². The van der Waals surface area contributed by atoms with Gasteiger partial charge < -0.3 is 20.4 Å². The summed E-state index contributed by atoms with van der Waals surface area (Å²) < 4.78 is 5.02. The van der Waals surface area contributed by atoms with Crippen LogP contribution in [0.4, 0.5) is 5.69 Å². The Morgan fingerprint density at radius 3 is 2.68 bits per heavy atom. The third kappa shape index (κ3) is 4.46. The Morgan fingerprint density at radius 2 is 1.95 bits per heavy atom. The predicted octanol–water partition coefficient (Wildman–Crippen LogP) is 1.87. The van der Waals surface area contributed by atoms with Crippen LogP contribution in [0.25, 0.3) is 0 Å². The molecule has 0 aliphatic carbocycles. The number of benzene rings is 1. The molecule has 1 aromatic carbocycles. The summed E-state index contributed by atoms with van der Waals surface area (Å²) in [4.78, 5) is 23.9. The Balaban J connectivity index is 1.94. The standard InChI is InChI=1S/C16H19N3O3/c1-2-17-8-9-18-15(20)12-5-3-6-13(11-12)19-16(21)14-7-4-10-22-14/h3-7,10-11,17H,2,8-9H2,1H3,(H,18,20)(H,19,21). The number of carbonyl (C=O) groups is 2. The van der Waals surface area contributed by atoms with E-state index < -0.39 is 0 Å². The van der Waals surface area contributed by atoms with E-state index in [2.05, 4.69) is 16.0 Å². The SMILES string of the molecule is CCNCCNC(=O)c1cccc(NC(=O)c2ccco2)c1. The number of amides is 2. The van der Waals surface area contributed by atoms with Crippen molar-refractivity contribution in [2.24, 2.45) is 0 Å². The summed E-state index contributed by atoms with van der Waals surface area (Å²) in [6.45, 7) is 4.14. The van der Waals surface area contributed by atoms with Gasteiger partial charge in [0.2, 0.25) is 0 Å². The smallest absolute Gasteiger partial charge is 0.291 e. The molecule has 2 aromatic rings. The summed E-state index contributed by atoms with van der Waals surface area (Å²) in [7, 11) is 0. The Labute approximate surface area is 128 Å². The minimum atomic E-state index is -0.352. The van der Waals surface area contributed by atoms with E-state index in [0.717, 1.165) is 13.1 Å². The number of carbonyl (C=O) groups excluding carboxylic acids is 2. The Bertz CT molecular complexity index is 623. The molecule has 0 bridgehead atoms. The van der Waals surface area contributed by atoms with Gasteiger partial charge in [0.25, 0.3) is 11.8 Å². The Kier molecular flexibility index (Phi) is 5.73. The zero-order chi connectivity index (χ0) is 15.8. The second kappa shape index (κ2) is 7.99. The summed E-state index contributed by atoms with van der Waals surface area (Å²) in [5, 5.41) is 8.63. The number of hydrogen-bond donors (Lipinski definition) is 3. The van der Waals surface area contributed by atoms with Crippen molar-refractivity contribution in [3.05, 3.63) is 54.0 Å². The molecule has 6 nitrogen and oxygen atoms in total. The average Bonchev–Trinajstić information content (AvgIpc) is 3.06. The highest BCUT2D eigenvalue weighted by Crippen LogP contribution is 2.12. The van der Waals surface area contributed by atoms with Crippen LogP contribution < -0.4 is 16.0 Å². The van der Waals surface area contributed by atoms with Gasteiger partial charge in [-0.2, -0.15) is 0 Å². The maximum Gasteiger partial charge on any atom is 0.291 e. The van der Waals surface area contributed by atoms with Crippen molar-refractivity contribution in [1.29, 1.82) is 0 Å². The summed E-state index contributed by atoms with van der Waals surface area (Å²) >= 11 is 0. The highest BCUT2D eigenvalue weighted by atomic mass is 16.3. The minimum Gasteiger partial charge on any atom is -0.459 e. The second-order valence-corrected chi connectivity index (χ2v) is 4.62. The highest BCUT2D eigenvalue weighted by Gasteiger charge is 2.10. The van der Waals surface area contributed by atoms with Crippen molar-refractivity contribution >= 4 is 17.5 Å². The van der Waals surface area contributed by atoms with Gasteiger partial charge in [-0.3, -0.25) is 9.59 Å². The molecule has 2 amide bonds. The van der Waals surface area contributed by atoms with Crippen LogP contribution in [-0.2, 0) is 0 Å². The molecular formula is C16H19N3O3. The first-order chi connectivity index (χ1) is 10.7. The topological polar surface area (TPSA) is 83.4 Å². The molecule has 3 N–H and O–H groups in total. The van der Waals surface area contributed by atoms with Gasteiger partial charge in [0.1, 0.15) is 0 Å². The van der Waals surface area contributed by atoms with Crippen molar-refractivity contribution in [3.63, 3.8) is 0 Å². The third-order valence-corrected chi connectivity index (χ3v) is 2.96. The molecular weight excluding hydrogens is 282 g/mol. The number of nitrogens with one attached hydrogen (secondary N) is 3. The maximum absolute atomic E-state index is 12.0. The highest BCUT2D eigenvalue weighted by molar-refractivity contribution is 6.03. The maximum atomic E-state index is 12.0. The minimum absolute atomic E-state index is 0.174. The normalized spacial score (nSPS) is 10.2. The molecule has 1 aromatic heterocycles. The van der Waals surface area contributed by atoms with Gasteiger partial charge in [0.15, 0.2) is 5.76 Å². The summed E-state index contributed by atoms with van der Waals surface area (Å²) in [6.07, 6.45) is 1.43. The van der Waals surface area contributed by atoms with Crippen molar-refractivity contribution < 1.29 is 14.0 Å². The van der Waals surface area contributed by atoms with E-state index >= 15 is 0 Å². The average molecular weight is 301 g/mol. The zero-order valence-corrected chi connectivity index (χ0v) is 12.4. The van der Waals surface area contributed by atoms with E-state index in [1.165, 1.54) is 6.26 Å². The van der Waals surface area contributed by atoms with Crippen LogP contribution in [0.3, 0.4) is 0 Å². The fourth-order valence-electron chi connectivity index (χ4n) is 1.88. The molecule has 2 rings (SSSR count). The fourth-order valence-corrected chi connectivity index (χ4v) is 1.88. The molecule has 116 valence electrons. The number of rotatable bonds is 7. The van der Waals surface area contributed by atoms with Gasteiger partial charge in [-0.25, -0.2) is 0 Å². The van der Waals surface area contributed by atoms with Crippen LogP contribution in [0.2, 0.25) is 0 Å². The van der Waals surface area contributed by atoms with Crippen molar-refractivity contribution in [2.75, 3.05) is 25.0 Å². The second-order valence-electron chi connectivity index (χ2n) is 4.62. The quantitative estimate of drug-likeness (QED) is 0.682. The zero-order valence-electron chi connectivity index (χ0n) is 12.4. The molecule has 0 aliphatic heterocycles. The van der Waals surface area contributed by atoms with Crippen molar-refractivity contribution in [2.45, 2.75) is 6.92 Å². The van der Waals surface area contributed by atoms with E-state index in [1.54, 1.807) is 36.4 Å². The molecule has 0 radical (unpaired) electrons. The van der Waals surface area contributed by atoms with Gasteiger partial charge in [0.05, 0.1) is 6.26 Å². The van der Waals surface area contributed by atoms with Crippen molar-refractivity contribution in [3.8, 4) is 0 Å². The van der Waals surface area contributed by atoms with Crippen molar-refractivity contribution in [1.82, 2.24) is 10.6 Å². The first-order valence-electron chi connectivity index (χ1n) is 7.14. The molecule has 22 heavy (non-hydrogen) atoms.